The van der Waals surface area contributed by atoms with Crippen molar-refractivity contribution in [2.45, 2.75) is 6.42 Å². The van der Waals surface area contributed by atoms with Gasteiger partial charge in [0.15, 0.2) is 11.6 Å². The third-order valence-corrected chi connectivity index (χ3v) is 1.58. The molecule has 0 spiro atoms. The molecule has 0 aromatic carbocycles. The van der Waals surface area contributed by atoms with Crippen LogP contribution in [0.3, 0.4) is 0 Å². The van der Waals surface area contributed by atoms with Crippen molar-refractivity contribution in [1.29, 1.82) is 0 Å². The van der Waals surface area contributed by atoms with E-state index >= 15 is 0 Å². The Labute approximate surface area is 81.1 Å². The van der Waals surface area contributed by atoms with Crippen molar-refractivity contribution in [2.75, 3.05) is 11.9 Å². The normalized spacial score (nSPS) is 9.31. The maximum absolute atomic E-state index is 13.0. The number of halogens is 2. The Morgan fingerprint density at radius 1 is 1.69 bits per heavy atom. The fourth-order valence-electron chi connectivity index (χ4n) is 0.798. The molecule has 1 heterocycles. The molecule has 2 nitrogen and oxygen atoms in total. The maximum Gasteiger partial charge on any atom is 0.166 e. The lowest BCUT2D eigenvalue weighted by atomic mass is 10.4. The van der Waals surface area contributed by atoms with Crippen LogP contribution in [0.15, 0.2) is 12.3 Å². The highest BCUT2D eigenvalue weighted by atomic mass is 35.5. The number of hydrogen-bond acceptors (Lipinski definition) is 2. The van der Waals surface area contributed by atoms with E-state index in [4.69, 9.17) is 18.0 Å². The van der Waals surface area contributed by atoms with Gasteiger partial charge in [0.1, 0.15) is 0 Å². The summed E-state index contributed by atoms with van der Waals surface area (Å²) in [6, 6.07) is 1.20. The van der Waals surface area contributed by atoms with E-state index in [-0.39, 0.29) is 10.8 Å². The fourth-order valence-corrected chi connectivity index (χ4v) is 0.942. The van der Waals surface area contributed by atoms with E-state index in [9.17, 15) is 4.39 Å². The van der Waals surface area contributed by atoms with E-state index in [1.807, 2.05) is 0 Å². The Hall–Kier alpha value is -1.27. The van der Waals surface area contributed by atoms with Gasteiger partial charge in [0.25, 0.3) is 0 Å². The zero-order valence-corrected chi connectivity index (χ0v) is 7.61. The first-order valence-electron chi connectivity index (χ1n) is 3.72. The minimum Gasteiger partial charge on any atom is -0.367 e. The summed E-state index contributed by atoms with van der Waals surface area (Å²) in [4.78, 5) is 3.76. The second-order valence-corrected chi connectivity index (χ2v) is 2.80. The van der Waals surface area contributed by atoms with Gasteiger partial charge < -0.3 is 5.32 Å². The van der Waals surface area contributed by atoms with Gasteiger partial charge in [-0.1, -0.05) is 11.6 Å². The molecular formula is C9H8ClFN2. The number of pyridine rings is 1. The topological polar surface area (TPSA) is 24.9 Å². The molecule has 0 aliphatic heterocycles. The molecule has 13 heavy (non-hydrogen) atoms. The van der Waals surface area contributed by atoms with Crippen LogP contribution in [0.25, 0.3) is 0 Å². The lowest BCUT2D eigenvalue weighted by molar-refractivity contribution is 0.624. The molecule has 1 N–H and O–H groups in total. The van der Waals surface area contributed by atoms with E-state index in [1.165, 1.54) is 12.3 Å². The van der Waals surface area contributed by atoms with Crippen LogP contribution in [-0.4, -0.2) is 11.5 Å². The smallest absolute Gasteiger partial charge is 0.166 e. The van der Waals surface area contributed by atoms with Crippen molar-refractivity contribution in [1.82, 2.24) is 4.98 Å². The molecule has 4 heteroatoms. The van der Waals surface area contributed by atoms with E-state index < -0.39 is 5.82 Å². The highest BCUT2D eigenvalue weighted by Crippen LogP contribution is 2.14. The minimum absolute atomic E-state index is 0.180. The number of nitrogens with one attached hydrogen (secondary N) is 1. The van der Waals surface area contributed by atoms with E-state index in [1.54, 1.807) is 0 Å². The van der Waals surface area contributed by atoms with E-state index in [0.717, 1.165) is 0 Å². The van der Waals surface area contributed by atoms with Gasteiger partial charge in [-0.2, -0.15) is 0 Å². The molecule has 0 bridgehead atoms. The highest BCUT2D eigenvalue weighted by molar-refractivity contribution is 6.30. The monoisotopic (exact) mass is 198 g/mol. The van der Waals surface area contributed by atoms with Gasteiger partial charge in [0.2, 0.25) is 0 Å². The van der Waals surface area contributed by atoms with Gasteiger partial charge in [-0.3, -0.25) is 0 Å². The van der Waals surface area contributed by atoms with Crippen LogP contribution < -0.4 is 5.32 Å². The number of aromatic nitrogens is 1. The van der Waals surface area contributed by atoms with Crippen molar-refractivity contribution in [3.8, 4) is 12.3 Å². The average Bonchev–Trinajstić information content (AvgIpc) is 2.09. The Bertz CT molecular complexity index is 333. The third-order valence-electron chi connectivity index (χ3n) is 1.37. The lowest BCUT2D eigenvalue weighted by Crippen LogP contribution is -2.04. The number of terminal acetylenes is 1. The predicted octanol–water partition coefficient (Wildman–Crippen LogP) is 2.31. The molecule has 1 rings (SSSR count). The average molecular weight is 199 g/mol. The molecule has 0 unspecified atom stereocenters. The first-order chi connectivity index (χ1) is 6.24. The quantitative estimate of drug-likeness (QED) is 0.596. The van der Waals surface area contributed by atoms with Gasteiger partial charge in [-0.05, 0) is 6.07 Å². The molecule has 1 aromatic heterocycles. The summed E-state index contributed by atoms with van der Waals surface area (Å²) in [5, 5.41) is 3.03. The molecule has 0 atom stereocenters. The molecule has 0 aliphatic rings. The Morgan fingerprint density at radius 3 is 3.08 bits per heavy atom. The molecule has 0 aliphatic carbocycles. The standard InChI is InChI=1S/C9H8ClFN2/c1-2-3-4-12-9-8(11)5-7(10)6-13-9/h1,5-6H,3-4H2,(H,12,13). The first-order valence-corrected chi connectivity index (χ1v) is 4.10. The second-order valence-electron chi connectivity index (χ2n) is 2.36. The fraction of sp³-hybridized carbons (Fsp3) is 0.222. The molecule has 68 valence electrons. The summed E-state index contributed by atoms with van der Waals surface area (Å²) in [5.41, 5.74) is 0. The summed E-state index contributed by atoms with van der Waals surface area (Å²) in [6.07, 6.45) is 6.94. The third kappa shape index (κ3) is 2.92. The van der Waals surface area contributed by atoms with Crippen LogP contribution in [0, 0.1) is 18.2 Å². The van der Waals surface area contributed by atoms with Crippen LogP contribution in [0.1, 0.15) is 6.42 Å². The van der Waals surface area contributed by atoms with Gasteiger partial charge in [0, 0.05) is 19.2 Å². The Balaban J connectivity index is 2.62. The predicted molar refractivity (Wildman–Crippen MR) is 51.1 cm³/mol. The van der Waals surface area contributed by atoms with E-state index in [2.05, 4.69) is 16.2 Å². The van der Waals surface area contributed by atoms with Crippen LogP contribution in [-0.2, 0) is 0 Å². The highest BCUT2D eigenvalue weighted by Gasteiger charge is 2.02. The van der Waals surface area contributed by atoms with Gasteiger partial charge in [-0.15, -0.1) is 12.3 Å². The molecule has 0 saturated heterocycles. The largest absolute Gasteiger partial charge is 0.367 e. The lowest BCUT2D eigenvalue weighted by Gasteiger charge is -2.03. The van der Waals surface area contributed by atoms with Crippen molar-refractivity contribution in [3.05, 3.63) is 23.1 Å². The molecule has 1 aromatic rings. The Kier molecular flexibility index (Phi) is 3.53. The molecule has 0 radical (unpaired) electrons. The van der Waals surface area contributed by atoms with Crippen molar-refractivity contribution in [3.63, 3.8) is 0 Å². The summed E-state index contributed by atoms with van der Waals surface area (Å²) in [5.74, 6) is 2.14. The number of rotatable bonds is 3. The van der Waals surface area contributed by atoms with Crippen molar-refractivity contribution in [2.24, 2.45) is 0 Å². The van der Waals surface area contributed by atoms with Crippen LogP contribution in [0.4, 0.5) is 10.2 Å². The number of hydrogen-bond donors (Lipinski definition) is 1. The summed E-state index contributed by atoms with van der Waals surface area (Å²) in [6.45, 7) is 0.502. The minimum atomic E-state index is -0.468. The number of anilines is 1. The Morgan fingerprint density at radius 2 is 2.46 bits per heavy atom. The molecule has 0 amide bonds. The zero-order chi connectivity index (χ0) is 9.68. The molecule has 0 fully saturated rings. The zero-order valence-electron chi connectivity index (χ0n) is 6.85. The van der Waals surface area contributed by atoms with Gasteiger partial charge >= 0.3 is 0 Å². The van der Waals surface area contributed by atoms with Crippen molar-refractivity contribution >= 4 is 17.4 Å². The van der Waals surface area contributed by atoms with Crippen LogP contribution in [0.5, 0.6) is 0 Å². The van der Waals surface area contributed by atoms with Gasteiger partial charge in [-0.25, -0.2) is 9.37 Å². The summed E-state index contributed by atoms with van der Waals surface area (Å²) < 4.78 is 13.0. The molecule has 0 saturated carbocycles. The van der Waals surface area contributed by atoms with Crippen LogP contribution in [0.2, 0.25) is 5.02 Å². The SMILES string of the molecule is C#CCCNc1ncc(Cl)cc1F. The first kappa shape index (κ1) is 9.82. The van der Waals surface area contributed by atoms with Crippen molar-refractivity contribution < 1.29 is 4.39 Å². The summed E-state index contributed by atoms with van der Waals surface area (Å²) in [7, 11) is 0. The van der Waals surface area contributed by atoms with Crippen LogP contribution >= 0.6 is 11.6 Å². The summed E-state index contributed by atoms with van der Waals surface area (Å²) >= 11 is 5.52. The maximum atomic E-state index is 13.0. The molecular weight excluding hydrogens is 191 g/mol. The number of nitrogens with zero attached hydrogens (tertiary/aromatic N) is 1. The van der Waals surface area contributed by atoms with E-state index in [0.29, 0.717) is 13.0 Å². The second kappa shape index (κ2) is 4.68. The van der Waals surface area contributed by atoms with Gasteiger partial charge in [0.05, 0.1) is 5.02 Å².